The van der Waals surface area contributed by atoms with Crippen LogP contribution in [0.2, 0.25) is 0 Å². The lowest BCUT2D eigenvalue weighted by Gasteiger charge is -2.56. The van der Waals surface area contributed by atoms with Gasteiger partial charge in [-0.2, -0.15) is 8.42 Å². The molecule has 0 radical (unpaired) electrons. The van der Waals surface area contributed by atoms with E-state index in [2.05, 4.69) is 84.6 Å². The van der Waals surface area contributed by atoms with Crippen molar-refractivity contribution in [1.82, 2.24) is 4.90 Å². The average Bonchev–Trinajstić information content (AvgIpc) is 2.81. The largest absolute Gasteiger partial charge is 0.278 e. The SMILES string of the molecule is C[C@]1(COS(C)(=O)=O)CCCCN1C(c1ccccc1)(c1ccccc1)c1ccccc1. The maximum Gasteiger partial charge on any atom is 0.264 e. The molecule has 3 aromatic rings. The van der Waals surface area contributed by atoms with Crippen LogP contribution in [0.3, 0.4) is 0 Å². The van der Waals surface area contributed by atoms with E-state index in [1.807, 2.05) is 18.2 Å². The third-order valence-corrected chi connectivity index (χ3v) is 7.11. The standard InChI is InChI=1S/C27H31NO3S/c1-26(22-31-32(2,29)30)20-12-13-21-28(26)27(23-14-6-3-7-15-23,24-16-8-4-9-17-24)25-18-10-5-11-19-25/h3-11,14-19H,12-13,20-22H2,1-2H3/t26-/m1/s1. The molecule has 0 aromatic heterocycles. The summed E-state index contributed by atoms with van der Waals surface area (Å²) in [7, 11) is -3.55. The van der Waals surface area contributed by atoms with E-state index >= 15 is 0 Å². The van der Waals surface area contributed by atoms with Gasteiger partial charge in [-0.3, -0.25) is 9.08 Å². The molecule has 1 heterocycles. The molecule has 32 heavy (non-hydrogen) atoms. The number of benzene rings is 3. The van der Waals surface area contributed by atoms with Crippen LogP contribution in [-0.2, 0) is 19.8 Å². The number of piperidine rings is 1. The molecule has 1 aliphatic rings. The Morgan fingerprint density at radius 2 is 1.25 bits per heavy atom. The van der Waals surface area contributed by atoms with Gasteiger partial charge in [0.15, 0.2) is 0 Å². The van der Waals surface area contributed by atoms with Crippen LogP contribution in [0.25, 0.3) is 0 Å². The van der Waals surface area contributed by atoms with Gasteiger partial charge in [-0.1, -0.05) is 97.4 Å². The van der Waals surface area contributed by atoms with E-state index in [9.17, 15) is 8.42 Å². The monoisotopic (exact) mass is 449 g/mol. The van der Waals surface area contributed by atoms with Crippen LogP contribution in [0.1, 0.15) is 42.9 Å². The molecule has 0 amide bonds. The minimum absolute atomic E-state index is 0.125. The molecule has 0 unspecified atom stereocenters. The third-order valence-electron chi connectivity index (χ3n) is 6.56. The van der Waals surface area contributed by atoms with E-state index < -0.39 is 21.2 Å². The lowest BCUT2D eigenvalue weighted by atomic mass is 9.71. The van der Waals surface area contributed by atoms with E-state index in [4.69, 9.17) is 4.18 Å². The Bertz CT molecular complexity index is 1020. The summed E-state index contributed by atoms with van der Waals surface area (Å²) in [6.07, 6.45) is 4.07. The molecule has 0 bridgehead atoms. The fraction of sp³-hybridized carbons (Fsp3) is 0.333. The highest BCUT2D eigenvalue weighted by Gasteiger charge is 2.50. The number of likely N-dealkylation sites (tertiary alicyclic amines) is 1. The van der Waals surface area contributed by atoms with Crippen LogP contribution in [0.15, 0.2) is 91.0 Å². The van der Waals surface area contributed by atoms with E-state index in [1.54, 1.807) is 0 Å². The van der Waals surface area contributed by atoms with Gasteiger partial charge in [0.2, 0.25) is 0 Å². The zero-order chi connectivity index (χ0) is 22.7. The van der Waals surface area contributed by atoms with Gasteiger partial charge in [-0.15, -0.1) is 0 Å². The lowest BCUT2D eigenvalue weighted by Crippen LogP contribution is -2.62. The quantitative estimate of drug-likeness (QED) is 0.367. The van der Waals surface area contributed by atoms with Crippen molar-refractivity contribution in [3.8, 4) is 0 Å². The van der Waals surface area contributed by atoms with Gasteiger partial charge >= 0.3 is 0 Å². The Kier molecular flexibility index (Phi) is 6.52. The summed E-state index contributed by atoms with van der Waals surface area (Å²) in [6.45, 7) is 3.10. The molecule has 1 atom stereocenters. The fourth-order valence-corrected chi connectivity index (χ4v) is 5.61. The number of hydrogen-bond donors (Lipinski definition) is 0. The van der Waals surface area contributed by atoms with Crippen LogP contribution in [0.4, 0.5) is 0 Å². The Hall–Kier alpha value is -2.47. The highest BCUT2D eigenvalue weighted by atomic mass is 32.2. The molecule has 168 valence electrons. The Morgan fingerprint density at radius 1 is 0.812 bits per heavy atom. The van der Waals surface area contributed by atoms with Gasteiger partial charge in [0.1, 0.15) is 0 Å². The molecule has 4 rings (SSSR count). The predicted octanol–water partition coefficient (Wildman–Crippen LogP) is 5.20. The van der Waals surface area contributed by atoms with Crippen molar-refractivity contribution >= 4 is 10.1 Å². The molecule has 0 N–H and O–H groups in total. The van der Waals surface area contributed by atoms with Gasteiger partial charge in [-0.05, 0) is 36.5 Å². The maximum absolute atomic E-state index is 11.9. The minimum atomic E-state index is -3.55. The van der Waals surface area contributed by atoms with Crippen molar-refractivity contribution in [3.05, 3.63) is 108 Å². The summed E-state index contributed by atoms with van der Waals surface area (Å²) in [5, 5.41) is 0. The van der Waals surface area contributed by atoms with Crippen LogP contribution < -0.4 is 0 Å². The van der Waals surface area contributed by atoms with Gasteiger partial charge in [-0.25, -0.2) is 0 Å². The van der Waals surface area contributed by atoms with Crippen LogP contribution in [0.5, 0.6) is 0 Å². The van der Waals surface area contributed by atoms with Gasteiger partial charge in [0, 0.05) is 12.1 Å². The second kappa shape index (κ2) is 9.18. The Balaban J connectivity index is 2.00. The minimum Gasteiger partial charge on any atom is -0.278 e. The number of nitrogens with zero attached hydrogens (tertiary/aromatic N) is 1. The van der Waals surface area contributed by atoms with E-state index in [0.717, 1.165) is 48.8 Å². The van der Waals surface area contributed by atoms with E-state index in [0.29, 0.717) is 0 Å². The second-order valence-corrected chi connectivity index (χ2v) is 10.5. The fourth-order valence-electron chi connectivity index (χ4n) is 5.14. The van der Waals surface area contributed by atoms with Gasteiger partial charge in [0.05, 0.1) is 18.4 Å². The molecule has 0 spiro atoms. The molecular formula is C27H31NO3S. The summed E-state index contributed by atoms with van der Waals surface area (Å²) >= 11 is 0. The summed E-state index contributed by atoms with van der Waals surface area (Å²) in [5.41, 5.74) is 2.42. The van der Waals surface area contributed by atoms with E-state index in [1.165, 1.54) is 0 Å². The smallest absolute Gasteiger partial charge is 0.264 e. The molecule has 1 aliphatic heterocycles. The average molecular weight is 450 g/mol. The summed E-state index contributed by atoms with van der Waals surface area (Å²) in [4.78, 5) is 2.48. The first-order chi connectivity index (χ1) is 15.4. The van der Waals surface area contributed by atoms with Crippen molar-refractivity contribution in [2.75, 3.05) is 19.4 Å². The normalized spacial score (nSPS) is 20.2. The van der Waals surface area contributed by atoms with Crippen LogP contribution >= 0.6 is 0 Å². The second-order valence-electron chi connectivity index (χ2n) is 8.88. The third kappa shape index (κ3) is 4.38. The maximum atomic E-state index is 11.9. The molecule has 5 heteroatoms. The molecule has 4 nitrogen and oxygen atoms in total. The summed E-state index contributed by atoms with van der Waals surface area (Å²) in [6, 6.07) is 31.6. The predicted molar refractivity (Wildman–Crippen MR) is 129 cm³/mol. The number of hydrogen-bond acceptors (Lipinski definition) is 4. The van der Waals surface area contributed by atoms with Crippen LogP contribution in [0, 0.1) is 0 Å². The van der Waals surface area contributed by atoms with E-state index in [-0.39, 0.29) is 6.61 Å². The summed E-state index contributed by atoms with van der Waals surface area (Å²) < 4.78 is 29.3. The number of rotatable bonds is 7. The topological polar surface area (TPSA) is 46.6 Å². The highest BCUT2D eigenvalue weighted by molar-refractivity contribution is 7.85. The van der Waals surface area contributed by atoms with Gasteiger partial charge < -0.3 is 0 Å². The Labute approximate surface area is 192 Å². The molecule has 1 saturated heterocycles. The zero-order valence-corrected chi connectivity index (χ0v) is 19.6. The molecule has 3 aromatic carbocycles. The molecule has 0 aliphatic carbocycles. The first-order valence-electron chi connectivity index (χ1n) is 11.1. The molecule has 1 fully saturated rings. The van der Waals surface area contributed by atoms with Crippen molar-refractivity contribution < 1.29 is 12.6 Å². The van der Waals surface area contributed by atoms with Crippen LogP contribution in [-0.4, -0.2) is 38.3 Å². The lowest BCUT2D eigenvalue weighted by molar-refractivity contribution is -0.0305. The van der Waals surface area contributed by atoms with Crippen molar-refractivity contribution in [2.45, 2.75) is 37.3 Å². The van der Waals surface area contributed by atoms with Crippen molar-refractivity contribution in [2.24, 2.45) is 0 Å². The van der Waals surface area contributed by atoms with Crippen molar-refractivity contribution in [3.63, 3.8) is 0 Å². The highest BCUT2D eigenvalue weighted by Crippen LogP contribution is 2.48. The first kappa shape index (κ1) is 22.7. The van der Waals surface area contributed by atoms with Gasteiger partial charge in [0.25, 0.3) is 10.1 Å². The summed E-state index contributed by atoms with van der Waals surface area (Å²) in [5.74, 6) is 0. The Morgan fingerprint density at radius 3 is 1.66 bits per heavy atom. The molecule has 0 saturated carbocycles. The van der Waals surface area contributed by atoms with Crippen molar-refractivity contribution in [1.29, 1.82) is 0 Å². The zero-order valence-electron chi connectivity index (χ0n) is 18.8. The first-order valence-corrected chi connectivity index (χ1v) is 13.0. The molecular weight excluding hydrogens is 418 g/mol.